The van der Waals surface area contributed by atoms with Crippen LogP contribution in [0.1, 0.15) is 38.1 Å². The number of nitrogens with zero attached hydrogens (tertiary/aromatic N) is 1. The number of anilines is 1. The Labute approximate surface area is 175 Å². The van der Waals surface area contributed by atoms with Gasteiger partial charge < -0.3 is 11.1 Å². The van der Waals surface area contributed by atoms with E-state index >= 15 is 0 Å². The second-order valence-electron chi connectivity index (χ2n) is 6.11. The SMILES string of the molecule is CCN1CCc2c(sc(NC(=S)NC(=O)c3ccc(Br)cc3)c2C(N)=O)C1. The molecule has 1 aromatic carbocycles. The molecule has 2 heterocycles. The molecule has 2 amide bonds. The lowest BCUT2D eigenvalue weighted by molar-refractivity contribution is 0.0975. The molecule has 27 heavy (non-hydrogen) atoms. The third kappa shape index (κ3) is 4.55. The van der Waals surface area contributed by atoms with E-state index in [0.717, 1.165) is 41.0 Å². The number of likely N-dealkylation sites (N-methyl/N-ethyl adjacent to an activating group) is 1. The summed E-state index contributed by atoms with van der Waals surface area (Å²) in [5.74, 6) is -0.805. The summed E-state index contributed by atoms with van der Waals surface area (Å²) < 4.78 is 0.885. The number of hydrogen-bond acceptors (Lipinski definition) is 5. The topological polar surface area (TPSA) is 87.5 Å². The number of halogens is 1. The number of thiophene rings is 1. The van der Waals surface area contributed by atoms with Crippen LogP contribution in [0.15, 0.2) is 28.7 Å². The molecule has 0 bridgehead atoms. The van der Waals surface area contributed by atoms with Gasteiger partial charge in [-0.15, -0.1) is 11.3 Å². The molecule has 6 nitrogen and oxygen atoms in total. The van der Waals surface area contributed by atoms with Crippen molar-refractivity contribution in [2.75, 3.05) is 18.4 Å². The van der Waals surface area contributed by atoms with E-state index in [0.29, 0.717) is 16.1 Å². The van der Waals surface area contributed by atoms with E-state index in [1.54, 1.807) is 24.3 Å². The molecule has 142 valence electrons. The fourth-order valence-electron chi connectivity index (χ4n) is 2.99. The zero-order chi connectivity index (χ0) is 19.6. The first-order chi connectivity index (χ1) is 12.9. The van der Waals surface area contributed by atoms with Crippen molar-refractivity contribution in [3.63, 3.8) is 0 Å². The second-order valence-corrected chi connectivity index (χ2v) is 8.54. The monoisotopic (exact) mass is 466 g/mol. The summed E-state index contributed by atoms with van der Waals surface area (Å²) in [6.45, 7) is 4.74. The van der Waals surface area contributed by atoms with Crippen LogP contribution in [0.25, 0.3) is 0 Å². The molecule has 9 heteroatoms. The van der Waals surface area contributed by atoms with Gasteiger partial charge in [0.05, 0.1) is 5.56 Å². The summed E-state index contributed by atoms with van der Waals surface area (Å²) in [5, 5.41) is 6.35. The summed E-state index contributed by atoms with van der Waals surface area (Å²) in [4.78, 5) is 27.7. The van der Waals surface area contributed by atoms with E-state index in [4.69, 9.17) is 18.0 Å². The minimum Gasteiger partial charge on any atom is -0.365 e. The molecule has 3 rings (SSSR count). The Hall–Kier alpha value is -1.81. The quantitative estimate of drug-likeness (QED) is 0.602. The first-order valence-corrected chi connectivity index (χ1v) is 10.5. The van der Waals surface area contributed by atoms with Gasteiger partial charge in [-0.05, 0) is 55.0 Å². The first-order valence-electron chi connectivity index (χ1n) is 8.43. The van der Waals surface area contributed by atoms with Gasteiger partial charge in [-0.1, -0.05) is 22.9 Å². The van der Waals surface area contributed by atoms with Crippen molar-refractivity contribution in [3.8, 4) is 0 Å². The van der Waals surface area contributed by atoms with E-state index in [1.807, 2.05) is 0 Å². The van der Waals surface area contributed by atoms with E-state index in [2.05, 4.69) is 38.4 Å². The number of benzene rings is 1. The van der Waals surface area contributed by atoms with E-state index < -0.39 is 5.91 Å². The van der Waals surface area contributed by atoms with Crippen LogP contribution >= 0.6 is 39.5 Å². The van der Waals surface area contributed by atoms with Gasteiger partial charge in [0, 0.05) is 28.0 Å². The molecule has 1 aliphatic rings. The predicted molar refractivity (Wildman–Crippen MR) is 115 cm³/mol. The highest BCUT2D eigenvalue weighted by Gasteiger charge is 2.27. The molecule has 0 fully saturated rings. The molecular weight excluding hydrogens is 448 g/mol. The van der Waals surface area contributed by atoms with Crippen LogP contribution in [0.5, 0.6) is 0 Å². The average molecular weight is 467 g/mol. The number of carbonyl (C=O) groups excluding carboxylic acids is 2. The lowest BCUT2D eigenvalue weighted by atomic mass is 10.0. The number of amides is 2. The summed E-state index contributed by atoms with van der Waals surface area (Å²) in [7, 11) is 0. The van der Waals surface area contributed by atoms with Crippen LogP contribution in [-0.2, 0) is 13.0 Å². The molecule has 0 spiro atoms. The van der Waals surface area contributed by atoms with Crippen molar-refractivity contribution in [2.45, 2.75) is 19.9 Å². The number of rotatable bonds is 4. The number of carbonyl (C=O) groups is 2. The van der Waals surface area contributed by atoms with Gasteiger partial charge in [-0.2, -0.15) is 0 Å². The zero-order valence-electron chi connectivity index (χ0n) is 14.7. The van der Waals surface area contributed by atoms with Crippen molar-refractivity contribution >= 4 is 61.4 Å². The average Bonchev–Trinajstić information content (AvgIpc) is 2.98. The Bertz CT molecular complexity index is 896. The Morgan fingerprint density at radius 3 is 2.67 bits per heavy atom. The highest BCUT2D eigenvalue weighted by molar-refractivity contribution is 9.10. The van der Waals surface area contributed by atoms with Crippen molar-refractivity contribution < 1.29 is 9.59 Å². The van der Waals surface area contributed by atoms with E-state index in [9.17, 15) is 9.59 Å². The fourth-order valence-corrected chi connectivity index (χ4v) is 4.81. The lowest BCUT2D eigenvalue weighted by Crippen LogP contribution is -2.34. The van der Waals surface area contributed by atoms with E-state index in [1.165, 1.54) is 11.3 Å². The number of hydrogen-bond donors (Lipinski definition) is 3. The molecule has 1 aromatic heterocycles. The number of thiocarbonyl (C=S) groups is 1. The summed E-state index contributed by atoms with van der Waals surface area (Å²) in [6, 6.07) is 6.95. The predicted octanol–water partition coefficient (Wildman–Crippen LogP) is 3.11. The van der Waals surface area contributed by atoms with Crippen LogP contribution in [0.3, 0.4) is 0 Å². The number of nitrogens with one attached hydrogen (secondary N) is 2. The lowest BCUT2D eigenvalue weighted by Gasteiger charge is -2.25. The second kappa shape index (κ2) is 8.47. The van der Waals surface area contributed by atoms with Gasteiger partial charge in [0.15, 0.2) is 5.11 Å². The smallest absolute Gasteiger partial charge is 0.257 e. The first kappa shape index (κ1) is 19.9. The van der Waals surface area contributed by atoms with Crippen molar-refractivity contribution in [3.05, 3.63) is 50.3 Å². The highest BCUT2D eigenvalue weighted by atomic mass is 79.9. The largest absolute Gasteiger partial charge is 0.365 e. The Morgan fingerprint density at radius 2 is 2.04 bits per heavy atom. The molecular formula is C18H19BrN4O2S2. The summed E-state index contributed by atoms with van der Waals surface area (Å²) in [6.07, 6.45) is 0.775. The zero-order valence-corrected chi connectivity index (χ0v) is 17.9. The molecule has 0 radical (unpaired) electrons. The Balaban J connectivity index is 1.75. The van der Waals surface area contributed by atoms with E-state index in [-0.39, 0.29) is 11.0 Å². The standard InChI is InChI=1S/C18H19BrN4O2S2/c1-2-23-8-7-12-13(9-23)27-17(14(12)15(20)24)22-18(26)21-16(25)10-3-5-11(19)6-4-10/h3-6H,2,7-9H2,1H3,(H2,20,24)(H2,21,22,25,26). The Morgan fingerprint density at radius 1 is 1.33 bits per heavy atom. The van der Waals surface area contributed by atoms with Gasteiger partial charge in [0.1, 0.15) is 5.00 Å². The minimum absolute atomic E-state index is 0.136. The molecule has 0 saturated carbocycles. The maximum absolute atomic E-state index is 12.3. The third-order valence-electron chi connectivity index (χ3n) is 4.39. The van der Waals surface area contributed by atoms with Crippen LogP contribution in [-0.4, -0.2) is 34.9 Å². The number of nitrogens with two attached hydrogens (primary N) is 1. The molecule has 0 saturated heterocycles. The maximum atomic E-state index is 12.3. The highest BCUT2D eigenvalue weighted by Crippen LogP contribution is 2.36. The minimum atomic E-state index is -0.484. The normalized spacial score (nSPS) is 13.7. The summed E-state index contributed by atoms with van der Waals surface area (Å²) in [5.41, 5.74) is 7.56. The van der Waals surface area contributed by atoms with Gasteiger partial charge in [0.2, 0.25) is 0 Å². The summed E-state index contributed by atoms with van der Waals surface area (Å²) >= 11 is 10.1. The van der Waals surface area contributed by atoms with Crippen LogP contribution in [0, 0.1) is 0 Å². The van der Waals surface area contributed by atoms with Gasteiger partial charge >= 0.3 is 0 Å². The third-order valence-corrected chi connectivity index (χ3v) is 6.26. The molecule has 4 N–H and O–H groups in total. The Kier molecular flexibility index (Phi) is 6.25. The van der Waals surface area contributed by atoms with Gasteiger partial charge in [-0.25, -0.2) is 0 Å². The van der Waals surface area contributed by atoms with Crippen LogP contribution in [0.2, 0.25) is 0 Å². The van der Waals surface area contributed by atoms with Crippen LogP contribution < -0.4 is 16.4 Å². The number of fused-ring (bicyclic) bond motifs is 1. The molecule has 2 aromatic rings. The van der Waals surface area contributed by atoms with Crippen LogP contribution in [0.4, 0.5) is 5.00 Å². The molecule has 0 aliphatic carbocycles. The maximum Gasteiger partial charge on any atom is 0.257 e. The number of primary amides is 1. The van der Waals surface area contributed by atoms with Gasteiger partial charge in [-0.3, -0.25) is 19.8 Å². The van der Waals surface area contributed by atoms with Gasteiger partial charge in [0.25, 0.3) is 11.8 Å². The van der Waals surface area contributed by atoms with Crippen molar-refractivity contribution in [1.82, 2.24) is 10.2 Å². The van der Waals surface area contributed by atoms with Crippen molar-refractivity contribution in [1.29, 1.82) is 0 Å². The molecule has 0 atom stereocenters. The fraction of sp³-hybridized carbons (Fsp3) is 0.278. The molecule has 1 aliphatic heterocycles. The molecule has 0 unspecified atom stereocenters. The van der Waals surface area contributed by atoms with Crippen molar-refractivity contribution in [2.24, 2.45) is 5.73 Å².